The number of hydrogen-bond acceptors (Lipinski definition) is 4. The Balaban J connectivity index is 0.00000364. The van der Waals surface area contributed by atoms with Gasteiger partial charge in [0.05, 0.1) is 20.8 Å². The van der Waals surface area contributed by atoms with Crippen molar-refractivity contribution in [1.29, 1.82) is 0 Å². The van der Waals surface area contributed by atoms with Gasteiger partial charge in [-0.25, -0.2) is 4.99 Å². The molecule has 0 aromatic heterocycles. The summed E-state index contributed by atoms with van der Waals surface area (Å²) in [5.41, 5.74) is 7.41. The van der Waals surface area contributed by atoms with Crippen molar-refractivity contribution >= 4 is 29.9 Å². The summed E-state index contributed by atoms with van der Waals surface area (Å²) < 4.78 is 16.1. The fourth-order valence-corrected chi connectivity index (χ4v) is 3.56. The molecule has 1 aliphatic rings. The lowest BCUT2D eigenvalue weighted by Crippen LogP contribution is -2.40. The van der Waals surface area contributed by atoms with Crippen molar-refractivity contribution in [2.75, 3.05) is 34.0 Å². The Kier molecular flexibility index (Phi) is 10.8. The highest BCUT2D eigenvalue weighted by Gasteiger charge is 2.33. The highest BCUT2D eigenvalue weighted by Crippen LogP contribution is 2.40. The second-order valence-corrected chi connectivity index (χ2v) is 6.90. The zero-order valence-electron chi connectivity index (χ0n) is 16.8. The molecule has 0 unspecified atom stereocenters. The van der Waals surface area contributed by atoms with Gasteiger partial charge in [0.2, 0.25) is 0 Å². The van der Waals surface area contributed by atoms with Crippen molar-refractivity contribution in [3.05, 3.63) is 23.8 Å². The van der Waals surface area contributed by atoms with Crippen LogP contribution in [0.25, 0.3) is 0 Å². The quantitative estimate of drug-likeness (QED) is 0.226. The van der Waals surface area contributed by atoms with E-state index in [1.165, 1.54) is 25.7 Å². The first-order chi connectivity index (χ1) is 12.6. The van der Waals surface area contributed by atoms with Crippen LogP contribution in [0.5, 0.6) is 11.5 Å². The molecule has 0 atom stereocenters. The van der Waals surface area contributed by atoms with Gasteiger partial charge in [0, 0.05) is 19.8 Å². The molecular formula is C20H34IN3O3. The molecule has 0 spiro atoms. The number of nitrogens with two attached hydrogens (primary N) is 1. The molecule has 27 heavy (non-hydrogen) atoms. The molecule has 1 aromatic rings. The molecule has 1 aliphatic carbocycles. The van der Waals surface area contributed by atoms with E-state index in [4.69, 9.17) is 19.9 Å². The normalized spacial score (nSPS) is 15.9. The highest BCUT2D eigenvalue weighted by molar-refractivity contribution is 14.0. The third-order valence-electron chi connectivity index (χ3n) is 5.17. The summed E-state index contributed by atoms with van der Waals surface area (Å²) in [5, 5.41) is 3.33. The summed E-state index contributed by atoms with van der Waals surface area (Å²) in [5.74, 6) is 1.90. The fourth-order valence-electron chi connectivity index (χ4n) is 3.56. The molecule has 0 aliphatic heterocycles. The van der Waals surface area contributed by atoms with E-state index in [0.717, 1.165) is 31.7 Å². The van der Waals surface area contributed by atoms with Gasteiger partial charge < -0.3 is 25.3 Å². The molecule has 6 nitrogen and oxygen atoms in total. The van der Waals surface area contributed by atoms with Gasteiger partial charge in [-0.1, -0.05) is 18.9 Å². The summed E-state index contributed by atoms with van der Waals surface area (Å²) in [4.78, 5) is 4.47. The van der Waals surface area contributed by atoms with Gasteiger partial charge in [-0.3, -0.25) is 0 Å². The molecule has 1 fully saturated rings. The van der Waals surface area contributed by atoms with Crippen LogP contribution in [0.2, 0.25) is 0 Å². The number of hydrogen-bond donors (Lipinski definition) is 2. The van der Waals surface area contributed by atoms with Crippen LogP contribution in [-0.2, 0) is 11.3 Å². The first-order valence-electron chi connectivity index (χ1n) is 9.45. The van der Waals surface area contributed by atoms with E-state index in [1.807, 2.05) is 25.1 Å². The van der Waals surface area contributed by atoms with Crippen molar-refractivity contribution in [3.63, 3.8) is 0 Å². The van der Waals surface area contributed by atoms with Gasteiger partial charge in [-0.2, -0.15) is 0 Å². The average molecular weight is 491 g/mol. The van der Waals surface area contributed by atoms with Crippen molar-refractivity contribution in [3.8, 4) is 11.5 Å². The van der Waals surface area contributed by atoms with Crippen LogP contribution in [0.1, 0.15) is 44.6 Å². The van der Waals surface area contributed by atoms with Crippen LogP contribution in [0, 0.1) is 5.41 Å². The SMILES string of the molecule is CCOCCC1(CNC(N)=NCc2ccc(OC)c(OC)c2)CCCC1.I. The lowest BCUT2D eigenvalue weighted by molar-refractivity contribution is 0.105. The zero-order chi connectivity index (χ0) is 18.8. The van der Waals surface area contributed by atoms with Gasteiger partial charge in [0.15, 0.2) is 17.5 Å². The standard InChI is InChI=1S/C20H33N3O3.HI/c1-4-26-12-11-20(9-5-6-10-20)15-23-19(21)22-14-16-7-8-17(24-2)18(13-16)25-3;/h7-8,13H,4-6,9-12,14-15H2,1-3H3,(H3,21,22,23);1H. The third-order valence-corrected chi connectivity index (χ3v) is 5.17. The van der Waals surface area contributed by atoms with E-state index in [9.17, 15) is 0 Å². The van der Waals surface area contributed by atoms with Gasteiger partial charge in [0.25, 0.3) is 0 Å². The number of rotatable bonds is 10. The van der Waals surface area contributed by atoms with Crippen molar-refractivity contribution in [2.24, 2.45) is 16.1 Å². The minimum absolute atomic E-state index is 0. The van der Waals surface area contributed by atoms with Crippen molar-refractivity contribution < 1.29 is 14.2 Å². The second kappa shape index (κ2) is 12.3. The van der Waals surface area contributed by atoms with Crippen LogP contribution in [-0.4, -0.2) is 39.9 Å². The lowest BCUT2D eigenvalue weighted by atomic mass is 9.83. The maximum Gasteiger partial charge on any atom is 0.188 e. The number of benzene rings is 1. The minimum atomic E-state index is 0. The van der Waals surface area contributed by atoms with E-state index < -0.39 is 0 Å². The van der Waals surface area contributed by atoms with E-state index in [0.29, 0.717) is 29.4 Å². The van der Waals surface area contributed by atoms with Gasteiger partial charge in [-0.15, -0.1) is 24.0 Å². The summed E-state index contributed by atoms with van der Waals surface area (Å²) >= 11 is 0. The van der Waals surface area contributed by atoms with Crippen LogP contribution >= 0.6 is 24.0 Å². The Morgan fingerprint density at radius 2 is 1.89 bits per heavy atom. The number of aliphatic imine (C=N–C) groups is 1. The Morgan fingerprint density at radius 3 is 2.52 bits per heavy atom. The van der Waals surface area contributed by atoms with Crippen molar-refractivity contribution in [1.82, 2.24) is 5.32 Å². The molecule has 0 radical (unpaired) electrons. The maximum absolute atomic E-state index is 6.09. The molecule has 3 N–H and O–H groups in total. The topological polar surface area (TPSA) is 78.1 Å². The summed E-state index contributed by atoms with van der Waals surface area (Å²) in [6, 6.07) is 5.78. The molecule has 0 saturated heterocycles. The summed E-state index contributed by atoms with van der Waals surface area (Å²) in [6.45, 7) is 5.00. The number of methoxy groups -OCH3 is 2. The Labute approximate surface area is 180 Å². The lowest BCUT2D eigenvalue weighted by Gasteiger charge is -2.29. The number of ether oxygens (including phenoxy) is 3. The molecule has 1 saturated carbocycles. The molecule has 2 rings (SSSR count). The van der Waals surface area contributed by atoms with E-state index >= 15 is 0 Å². The molecule has 1 aromatic carbocycles. The van der Waals surface area contributed by atoms with Gasteiger partial charge >= 0.3 is 0 Å². The van der Waals surface area contributed by atoms with Crippen LogP contribution < -0.4 is 20.5 Å². The first kappa shape index (κ1) is 23.8. The molecule has 7 heteroatoms. The number of halogens is 1. The van der Waals surface area contributed by atoms with Crippen LogP contribution in [0.4, 0.5) is 0 Å². The van der Waals surface area contributed by atoms with Crippen molar-refractivity contribution in [2.45, 2.75) is 45.6 Å². The molecule has 154 valence electrons. The fraction of sp³-hybridized carbons (Fsp3) is 0.650. The Bertz CT molecular complexity index is 590. The molecular weight excluding hydrogens is 457 g/mol. The minimum Gasteiger partial charge on any atom is -0.493 e. The summed E-state index contributed by atoms with van der Waals surface area (Å²) in [7, 11) is 3.26. The molecule has 0 bridgehead atoms. The first-order valence-corrected chi connectivity index (χ1v) is 9.45. The largest absolute Gasteiger partial charge is 0.493 e. The van der Waals surface area contributed by atoms with Crippen LogP contribution in [0.15, 0.2) is 23.2 Å². The predicted octanol–water partition coefficient (Wildman–Crippen LogP) is 3.71. The highest BCUT2D eigenvalue weighted by atomic mass is 127. The Hall–Kier alpha value is -1.22. The predicted molar refractivity (Wildman–Crippen MR) is 120 cm³/mol. The Morgan fingerprint density at radius 1 is 1.19 bits per heavy atom. The van der Waals surface area contributed by atoms with Gasteiger partial charge in [0.1, 0.15) is 0 Å². The number of nitrogens with zero attached hydrogens (tertiary/aromatic N) is 1. The average Bonchev–Trinajstić information content (AvgIpc) is 3.13. The molecule has 0 amide bonds. The molecule has 0 heterocycles. The zero-order valence-corrected chi connectivity index (χ0v) is 19.1. The smallest absolute Gasteiger partial charge is 0.188 e. The monoisotopic (exact) mass is 491 g/mol. The van der Waals surface area contributed by atoms with E-state index in [2.05, 4.69) is 10.3 Å². The number of nitrogens with one attached hydrogen (secondary N) is 1. The number of guanidine groups is 1. The van der Waals surface area contributed by atoms with Gasteiger partial charge in [-0.05, 0) is 49.3 Å². The van der Waals surface area contributed by atoms with E-state index in [1.54, 1.807) is 14.2 Å². The summed E-state index contributed by atoms with van der Waals surface area (Å²) in [6.07, 6.45) is 6.12. The third kappa shape index (κ3) is 7.37. The van der Waals surface area contributed by atoms with Crippen LogP contribution in [0.3, 0.4) is 0 Å². The second-order valence-electron chi connectivity index (χ2n) is 6.90. The maximum atomic E-state index is 6.09. The van der Waals surface area contributed by atoms with E-state index in [-0.39, 0.29) is 24.0 Å².